The Morgan fingerprint density at radius 3 is 2.80 bits per heavy atom. The first-order valence-electron chi connectivity index (χ1n) is 8.84. The van der Waals surface area contributed by atoms with Gasteiger partial charge in [0.15, 0.2) is 0 Å². The predicted octanol–water partition coefficient (Wildman–Crippen LogP) is 4.24. The highest BCUT2D eigenvalue weighted by molar-refractivity contribution is 7.18. The van der Waals surface area contributed by atoms with Crippen molar-refractivity contribution in [2.45, 2.75) is 33.2 Å². The molecule has 0 aliphatic carbocycles. The van der Waals surface area contributed by atoms with Gasteiger partial charge < -0.3 is 10.2 Å². The lowest BCUT2D eigenvalue weighted by molar-refractivity contribution is 0.436. The summed E-state index contributed by atoms with van der Waals surface area (Å²) in [7, 11) is 0. The van der Waals surface area contributed by atoms with Crippen LogP contribution in [-0.4, -0.2) is 28.0 Å². The van der Waals surface area contributed by atoms with Crippen molar-refractivity contribution in [3.63, 3.8) is 0 Å². The van der Waals surface area contributed by atoms with E-state index in [1.165, 1.54) is 17.7 Å². The van der Waals surface area contributed by atoms with Crippen LogP contribution in [-0.2, 0) is 6.54 Å². The number of anilines is 2. The highest BCUT2D eigenvalue weighted by atomic mass is 32.1. The van der Waals surface area contributed by atoms with Crippen molar-refractivity contribution in [3.05, 3.63) is 41.2 Å². The van der Waals surface area contributed by atoms with Gasteiger partial charge in [-0.1, -0.05) is 13.0 Å². The van der Waals surface area contributed by atoms with Crippen molar-refractivity contribution in [3.8, 4) is 0 Å². The van der Waals surface area contributed by atoms with Crippen LogP contribution in [0.4, 0.5) is 11.6 Å². The van der Waals surface area contributed by atoms with E-state index in [0.717, 1.165) is 46.4 Å². The standard InChI is InChI=1S/C19H23N5S/c1-13-5-7-24(8-6-13)17-4-3-15(10-20-17)11-21-18-16-9-14(2)25-19(16)23-12-22-18/h3-4,9-10,12-13H,5-8,11H2,1-2H3,(H,21,22,23). The van der Waals surface area contributed by atoms with E-state index in [0.29, 0.717) is 6.54 Å². The Balaban J connectivity index is 1.43. The van der Waals surface area contributed by atoms with E-state index in [2.05, 4.69) is 57.2 Å². The van der Waals surface area contributed by atoms with Crippen molar-refractivity contribution >= 4 is 33.2 Å². The number of pyridine rings is 1. The summed E-state index contributed by atoms with van der Waals surface area (Å²) in [4.78, 5) is 18.1. The molecule has 0 atom stereocenters. The molecular weight excluding hydrogens is 330 g/mol. The van der Waals surface area contributed by atoms with Crippen LogP contribution in [0.25, 0.3) is 10.2 Å². The van der Waals surface area contributed by atoms with Crippen molar-refractivity contribution < 1.29 is 0 Å². The van der Waals surface area contributed by atoms with Gasteiger partial charge in [0, 0.05) is 30.7 Å². The van der Waals surface area contributed by atoms with Crippen LogP contribution in [0.15, 0.2) is 30.7 Å². The third-order valence-electron chi connectivity index (χ3n) is 4.83. The molecule has 1 aliphatic rings. The summed E-state index contributed by atoms with van der Waals surface area (Å²) in [5.41, 5.74) is 1.16. The Hall–Kier alpha value is -2.21. The number of hydrogen-bond donors (Lipinski definition) is 1. The third kappa shape index (κ3) is 3.58. The summed E-state index contributed by atoms with van der Waals surface area (Å²) in [5.74, 6) is 2.82. The molecule has 1 N–H and O–H groups in total. The molecule has 4 rings (SSSR count). The number of thiophene rings is 1. The van der Waals surface area contributed by atoms with Gasteiger partial charge in [-0.3, -0.25) is 0 Å². The number of fused-ring (bicyclic) bond motifs is 1. The summed E-state index contributed by atoms with van der Waals surface area (Å²) in [6.07, 6.45) is 6.11. The summed E-state index contributed by atoms with van der Waals surface area (Å²) in [6, 6.07) is 6.43. The first-order chi connectivity index (χ1) is 12.2. The van der Waals surface area contributed by atoms with E-state index in [-0.39, 0.29) is 0 Å². The fourth-order valence-electron chi connectivity index (χ4n) is 3.25. The van der Waals surface area contributed by atoms with Crippen LogP contribution in [0, 0.1) is 12.8 Å². The molecule has 0 spiro atoms. The molecule has 5 nitrogen and oxygen atoms in total. The fraction of sp³-hybridized carbons (Fsp3) is 0.421. The Kier molecular flexibility index (Phi) is 4.53. The smallest absolute Gasteiger partial charge is 0.138 e. The van der Waals surface area contributed by atoms with Crippen LogP contribution in [0.5, 0.6) is 0 Å². The van der Waals surface area contributed by atoms with E-state index in [9.17, 15) is 0 Å². The molecule has 0 radical (unpaired) electrons. The number of nitrogens with zero attached hydrogens (tertiary/aromatic N) is 4. The molecule has 0 unspecified atom stereocenters. The second kappa shape index (κ2) is 6.96. The van der Waals surface area contributed by atoms with E-state index in [1.807, 2.05) is 6.20 Å². The number of hydrogen-bond acceptors (Lipinski definition) is 6. The number of nitrogens with one attached hydrogen (secondary N) is 1. The average Bonchev–Trinajstić information content (AvgIpc) is 3.02. The third-order valence-corrected chi connectivity index (χ3v) is 5.79. The largest absolute Gasteiger partial charge is 0.365 e. The minimum Gasteiger partial charge on any atom is -0.365 e. The van der Waals surface area contributed by atoms with Gasteiger partial charge in [0.25, 0.3) is 0 Å². The lowest BCUT2D eigenvalue weighted by Crippen LogP contribution is -2.33. The number of aromatic nitrogens is 3. The quantitative estimate of drug-likeness (QED) is 0.760. The number of rotatable bonds is 4. The van der Waals surface area contributed by atoms with Gasteiger partial charge in [0.2, 0.25) is 0 Å². The van der Waals surface area contributed by atoms with Crippen LogP contribution >= 0.6 is 11.3 Å². The molecule has 1 fully saturated rings. The second-order valence-electron chi connectivity index (χ2n) is 6.85. The molecule has 25 heavy (non-hydrogen) atoms. The summed E-state index contributed by atoms with van der Waals surface area (Å²) >= 11 is 1.70. The van der Waals surface area contributed by atoms with Crippen LogP contribution in [0.1, 0.15) is 30.2 Å². The Morgan fingerprint density at radius 1 is 1.20 bits per heavy atom. The molecule has 0 bridgehead atoms. The van der Waals surface area contributed by atoms with Gasteiger partial charge in [0.1, 0.15) is 22.8 Å². The second-order valence-corrected chi connectivity index (χ2v) is 8.08. The SMILES string of the molecule is Cc1cc2c(NCc3ccc(N4CCC(C)CC4)nc3)ncnc2s1. The van der Waals surface area contributed by atoms with E-state index < -0.39 is 0 Å². The maximum Gasteiger partial charge on any atom is 0.138 e. The summed E-state index contributed by atoms with van der Waals surface area (Å²) in [5, 5.41) is 4.52. The molecule has 130 valence electrons. The van der Waals surface area contributed by atoms with Gasteiger partial charge in [-0.2, -0.15) is 0 Å². The highest BCUT2D eigenvalue weighted by Gasteiger charge is 2.16. The van der Waals surface area contributed by atoms with Gasteiger partial charge in [0.05, 0.1) is 5.39 Å². The zero-order valence-electron chi connectivity index (χ0n) is 14.7. The van der Waals surface area contributed by atoms with Gasteiger partial charge in [-0.15, -0.1) is 11.3 Å². The zero-order chi connectivity index (χ0) is 17.2. The normalized spacial score (nSPS) is 15.7. The highest BCUT2D eigenvalue weighted by Crippen LogP contribution is 2.27. The van der Waals surface area contributed by atoms with Gasteiger partial charge in [-0.05, 0) is 43.4 Å². The van der Waals surface area contributed by atoms with Crippen LogP contribution in [0.2, 0.25) is 0 Å². The Labute approximate surface area is 152 Å². The topological polar surface area (TPSA) is 53.9 Å². The maximum absolute atomic E-state index is 4.66. The van der Waals surface area contributed by atoms with Crippen molar-refractivity contribution in [2.24, 2.45) is 5.92 Å². The zero-order valence-corrected chi connectivity index (χ0v) is 15.5. The molecule has 3 aromatic rings. The monoisotopic (exact) mass is 353 g/mol. The fourth-order valence-corrected chi connectivity index (χ4v) is 4.10. The number of piperidine rings is 1. The van der Waals surface area contributed by atoms with Crippen molar-refractivity contribution in [1.82, 2.24) is 15.0 Å². The molecule has 4 heterocycles. The number of aryl methyl sites for hydroxylation is 1. The van der Waals surface area contributed by atoms with E-state index in [1.54, 1.807) is 17.7 Å². The lowest BCUT2D eigenvalue weighted by Gasteiger charge is -2.31. The van der Waals surface area contributed by atoms with Gasteiger partial charge in [-0.25, -0.2) is 15.0 Å². The molecule has 0 aromatic carbocycles. The minimum absolute atomic E-state index is 0.714. The predicted molar refractivity (Wildman–Crippen MR) is 104 cm³/mol. The van der Waals surface area contributed by atoms with E-state index in [4.69, 9.17) is 0 Å². The lowest BCUT2D eigenvalue weighted by atomic mass is 9.99. The minimum atomic E-state index is 0.714. The maximum atomic E-state index is 4.66. The molecular formula is C19H23N5S. The molecule has 1 aliphatic heterocycles. The van der Waals surface area contributed by atoms with Crippen molar-refractivity contribution in [2.75, 3.05) is 23.3 Å². The molecule has 0 saturated carbocycles. The molecule has 6 heteroatoms. The molecule has 1 saturated heterocycles. The summed E-state index contributed by atoms with van der Waals surface area (Å²) in [6.45, 7) is 7.37. The molecule has 0 amide bonds. The van der Waals surface area contributed by atoms with Gasteiger partial charge >= 0.3 is 0 Å². The first-order valence-corrected chi connectivity index (χ1v) is 9.65. The first kappa shape index (κ1) is 16.3. The van der Waals surface area contributed by atoms with E-state index >= 15 is 0 Å². The van der Waals surface area contributed by atoms with Crippen molar-refractivity contribution in [1.29, 1.82) is 0 Å². The van der Waals surface area contributed by atoms with Crippen LogP contribution < -0.4 is 10.2 Å². The average molecular weight is 353 g/mol. The Morgan fingerprint density at radius 2 is 2.04 bits per heavy atom. The summed E-state index contributed by atoms with van der Waals surface area (Å²) < 4.78 is 0. The Bertz CT molecular complexity index is 850. The molecule has 3 aromatic heterocycles. The van der Waals surface area contributed by atoms with Crippen LogP contribution in [0.3, 0.4) is 0 Å².